The van der Waals surface area contributed by atoms with Crippen molar-refractivity contribution in [3.05, 3.63) is 68.8 Å². The first kappa shape index (κ1) is 23.4. The monoisotopic (exact) mass is 477 g/mol. The third kappa shape index (κ3) is 4.62. The first-order valence-electron chi connectivity index (χ1n) is 12.4. The number of nitrogens with zero attached hydrogens (tertiary/aromatic N) is 2. The molecule has 0 atom stereocenters. The van der Waals surface area contributed by atoms with Crippen LogP contribution in [0.15, 0.2) is 35.1 Å². The molecule has 3 heterocycles. The molecular weight excluding hydrogens is 445 g/mol. The van der Waals surface area contributed by atoms with Gasteiger partial charge in [-0.15, -0.1) is 0 Å². The lowest BCUT2D eigenvalue weighted by Crippen LogP contribution is -2.46. The number of pyridine rings is 1. The summed E-state index contributed by atoms with van der Waals surface area (Å²) in [5, 5.41) is 7.20. The molecule has 0 bridgehead atoms. The van der Waals surface area contributed by atoms with Gasteiger partial charge >= 0.3 is 0 Å². The molecule has 3 N–H and O–H groups in total. The molecule has 7 nitrogen and oxygen atoms in total. The van der Waals surface area contributed by atoms with Crippen molar-refractivity contribution in [2.24, 2.45) is 0 Å². The molecule has 1 fully saturated rings. The zero-order valence-corrected chi connectivity index (χ0v) is 20.3. The van der Waals surface area contributed by atoms with Crippen LogP contribution in [0.5, 0.6) is 0 Å². The Morgan fingerprint density at radius 3 is 2.69 bits per heavy atom. The van der Waals surface area contributed by atoms with Crippen LogP contribution in [-0.2, 0) is 13.0 Å². The molecule has 0 saturated carbocycles. The standard InChI is InChI=1S/C27H32FN5O2/c1-3-29-26(34)20-7-6-19(15-22(20)28)33-11-9-32(10-12-33)16-18-13-17(2)24-23(14-18)31-27(35)21-5-4-8-30-25(21)24/h6-7,13-15,30H,3-5,8-12,16H2,1-2H3,(H,29,34)(H,31,35). The average Bonchev–Trinajstić information content (AvgIpc) is 2.84. The highest BCUT2D eigenvalue weighted by atomic mass is 19.1. The predicted molar refractivity (Wildman–Crippen MR) is 138 cm³/mol. The van der Waals surface area contributed by atoms with E-state index in [0.717, 1.165) is 80.0 Å². The van der Waals surface area contributed by atoms with E-state index in [1.807, 2.05) is 13.0 Å². The molecular formula is C27H32FN5O2. The van der Waals surface area contributed by atoms with E-state index in [1.54, 1.807) is 6.07 Å². The molecule has 1 amide bonds. The molecule has 1 aromatic heterocycles. The zero-order valence-electron chi connectivity index (χ0n) is 20.3. The number of carbonyl (C=O) groups excluding carboxylic acids is 1. The van der Waals surface area contributed by atoms with Gasteiger partial charge in [-0.05, 0) is 62.1 Å². The van der Waals surface area contributed by atoms with E-state index in [0.29, 0.717) is 6.54 Å². The van der Waals surface area contributed by atoms with Gasteiger partial charge < -0.3 is 20.5 Å². The minimum absolute atomic E-state index is 0.00953. The van der Waals surface area contributed by atoms with Gasteiger partial charge in [-0.25, -0.2) is 4.39 Å². The number of aryl methyl sites for hydroxylation is 1. The van der Waals surface area contributed by atoms with E-state index < -0.39 is 5.82 Å². The number of anilines is 2. The van der Waals surface area contributed by atoms with Gasteiger partial charge in [-0.3, -0.25) is 14.5 Å². The van der Waals surface area contributed by atoms with Crippen LogP contribution in [0.1, 0.15) is 40.4 Å². The Kier molecular flexibility index (Phi) is 6.47. The van der Waals surface area contributed by atoms with Crippen LogP contribution >= 0.6 is 0 Å². The Morgan fingerprint density at radius 1 is 1.14 bits per heavy atom. The molecule has 2 aromatic carbocycles. The lowest BCUT2D eigenvalue weighted by molar-refractivity contribution is 0.0952. The maximum atomic E-state index is 14.5. The van der Waals surface area contributed by atoms with E-state index in [4.69, 9.17) is 0 Å². The Labute approximate surface area is 204 Å². The van der Waals surface area contributed by atoms with Crippen molar-refractivity contribution in [3.8, 4) is 0 Å². The number of benzene rings is 2. The summed E-state index contributed by atoms with van der Waals surface area (Å²) >= 11 is 0. The highest BCUT2D eigenvalue weighted by molar-refractivity contribution is 5.96. The molecule has 8 heteroatoms. The molecule has 0 radical (unpaired) electrons. The number of hydrogen-bond donors (Lipinski definition) is 3. The van der Waals surface area contributed by atoms with Crippen LogP contribution in [0.3, 0.4) is 0 Å². The fourth-order valence-electron chi connectivity index (χ4n) is 5.32. The van der Waals surface area contributed by atoms with Crippen LogP contribution in [0.4, 0.5) is 15.8 Å². The van der Waals surface area contributed by atoms with Gasteiger partial charge in [0.15, 0.2) is 0 Å². The molecule has 35 heavy (non-hydrogen) atoms. The van der Waals surface area contributed by atoms with Crippen molar-refractivity contribution in [2.45, 2.75) is 33.2 Å². The van der Waals surface area contributed by atoms with E-state index >= 15 is 0 Å². The van der Waals surface area contributed by atoms with Crippen molar-refractivity contribution < 1.29 is 9.18 Å². The number of piperazine rings is 1. The molecule has 0 unspecified atom stereocenters. The largest absolute Gasteiger partial charge is 0.384 e. The number of nitrogens with one attached hydrogen (secondary N) is 3. The summed E-state index contributed by atoms with van der Waals surface area (Å²) in [6.07, 6.45) is 1.80. The molecule has 0 spiro atoms. The first-order chi connectivity index (χ1) is 16.9. The lowest BCUT2D eigenvalue weighted by atomic mass is 9.97. The molecule has 1 saturated heterocycles. The number of rotatable bonds is 5. The van der Waals surface area contributed by atoms with Crippen LogP contribution in [0, 0.1) is 12.7 Å². The molecule has 5 rings (SSSR count). The van der Waals surface area contributed by atoms with Crippen LogP contribution in [0.2, 0.25) is 0 Å². The first-order valence-corrected chi connectivity index (χ1v) is 12.4. The second-order valence-electron chi connectivity index (χ2n) is 9.46. The van der Waals surface area contributed by atoms with Crippen LogP contribution in [0.25, 0.3) is 10.9 Å². The Hall–Kier alpha value is -3.39. The second kappa shape index (κ2) is 9.70. The third-order valence-corrected chi connectivity index (χ3v) is 7.05. The topological polar surface area (TPSA) is 80.5 Å². The summed E-state index contributed by atoms with van der Waals surface area (Å²) in [5.74, 6) is -0.877. The summed E-state index contributed by atoms with van der Waals surface area (Å²) in [6.45, 7) is 9.33. The van der Waals surface area contributed by atoms with Crippen molar-refractivity contribution in [3.63, 3.8) is 0 Å². The Bertz CT molecular complexity index is 1330. The molecule has 184 valence electrons. The number of aromatic nitrogens is 1. The van der Waals surface area contributed by atoms with Crippen molar-refractivity contribution in [1.82, 2.24) is 15.2 Å². The summed E-state index contributed by atoms with van der Waals surface area (Å²) in [4.78, 5) is 32.2. The third-order valence-electron chi connectivity index (χ3n) is 7.05. The Morgan fingerprint density at radius 2 is 1.94 bits per heavy atom. The molecule has 2 aliphatic heterocycles. The van der Waals surface area contributed by atoms with Gasteiger partial charge in [0.05, 0.1) is 16.8 Å². The van der Waals surface area contributed by atoms with Gasteiger partial charge in [0.25, 0.3) is 11.5 Å². The highest BCUT2D eigenvalue weighted by Gasteiger charge is 2.21. The summed E-state index contributed by atoms with van der Waals surface area (Å²) in [6, 6.07) is 9.16. The van der Waals surface area contributed by atoms with E-state index in [2.05, 4.69) is 44.5 Å². The summed E-state index contributed by atoms with van der Waals surface area (Å²) in [5.41, 5.74) is 5.98. The van der Waals surface area contributed by atoms with Crippen molar-refractivity contribution in [2.75, 3.05) is 49.5 Å². The van der Waals surface area contributed by atoms with E-state index in [9.17, 15) is 14.0 Å². The van der Waals surface area contributed by atoms with Gasteiger partial charge in [-0.1, -0.05) is 6.07 Å². The van der Waals surface area contributed by atoms with Gasteiger partial charge in [0.1, 0.15) is 5.82 Å². The lowest BCUT2D eigenvalue weighted by Gasteiger charge is -2.36. The second-order valence-corrected chi connectivity index (χ2v) is 9.46. The predicted octanol–water partition coefficient (Wildman–Crippen LogP) is 3.41. The maximum absolute atomic E-state index is 14.5. The number of fused-ring (bicyclic) bond motifs is 3. The fraction of sp³-hybridized carbons (Fsp3) is 0.407. The average molecular weight is 478 g/mol. The Balaban J connectivity index is 1.28. The normalized spacial score (nSPS) is 16.1. The minimum Gasteiger partial charge on any atom is -0.384 e. The van der Waals surface area contributed by atoms with Crippen LogP contribution in [-0.4, -0.2) is 55.1 Å². The van der Waals surface area contributed by atoms with Gasteiger partial charge in [0.2, 0.25) is 0 Å². The SMILES string of the molecule is CCNC(=O)c1ccc(N2CCN(Cc3cc(C)c4c5c(c(=O)[nH]c4c3)CCCN5)CC2)cc1F. The number of hydrogen-bond acceptors (Lipinski definition) is 5. The van der Waals surface area contributed by atoms with Crippen molar-refractivity contribution >= 4 is 28.2 Å². The van der Waals surface area contributed by atoms with E-state index in [1.165, 1.54) is 17.2 Å². The van der Waals surface area contributed by atoms with Gasteiger partial charge in [0, 0.05) is 62.5 Å². The maximum Gasteiger partial charge on any atom is 0.254 e. The number of aromatic amines is 1. The minimum atomic E-state index is -0.492. The number of halogens is 1. The number of H-pyrrole nitrogens is 1. The van der Waals surface area contributed by atoms with Crippen LogP contribution < -0.4 is 21.1 Å². The quantitative estimate of drug-likeness (QED) is 0.525. The smallest absolute Gasteiger partial charge is 0.254 e. The van der Waals surface area contributed by atoms with Crippen molar-refractivity contribution in [1.29, 1.82) is 0 Å². The molecule has 2 aliphatic rings. The zero-order chi connectivity index (χ0) is 24.5. The number of carbonyl (C=O) groups is 1. The molecule has 3 aromatic rings. The highest BCUT2D eigenvalue weighted by Crippen LogP contribution is 2.31. The fourth-order valence-corrected chi connectivity index (χ4v) is 5.32. The number of amides is 1. The van der Waals surface area contributed by atoms with Gasteiger partial charge in [-0.2, -0.15) is 0 Å². The summed E-state index contributed by atoms with van der Waals surface area (Å²) < 4.78 is 14.5. The molecule has 0 aliphatic carbocycles. The van der Waals surface area contributed by atoms with E-state index in [-0.39, 0.29) is 17.0 Å². The summed E-state index contributed by atoms with van der Waals surface area (Å²) in [7, 11) is 0.